The van der Waals surface area contributed by atoms with E-state index in [9.17, 15) is 0 Å². The third kappa shape index (κ3) is 1.11. The molecule has 0 saturated heterocycles. The zero-order valence-corrected chi connectivity index (χ0v) is 9.88. The predicted octanol–water partition coefficient (Wildman–Crippen LogP) is 4.42. The topological polar surface area (TPSA) is 0 Å². The maximum atomic E-state index is 3.73. The van der Waals surface area contributed by atoms with Gasteiger partial charge in [-0.15, -0.1) is 0 Å². The summed E-state index contributed by atoms with van der Waals surface area (Å²) < 4.78 is 0. The Bertz CT molecular complexity index is 139. The van der Waals surface area contributed by atoms with E-state index < -0.39 is 0 Å². The molecular weight excluding hydrogens is 275 g/mol. The van der Waals surface area contributed by atoms with Crippen LogP contribution in [0.2, 0.25) is 0 Å². The Labute approximate surface area is 79.4 Å². The number of halogens is 2. The van der Waals surface area contributed by atoms with Crippen molar-refractivity contribution in [1.29, 1.82) is 0 Å². The van der Waals surface area contributed by atoms with E-state index in [0.717, 1.165) is 5.92 Å². The average Bonchev–Trinajstić information content (AvgIpc) is 2.45. The lowest BCUT2D eigenvalue weighted by Gasteiger charge is -2.27. The third-order valence-electron chi connectivity index (χ3n) is 3.06. The summed E-state index contributed by atoms with van der Waals surface area (Å²) in [5, 5.41) is 0.689. The number of hydrogen-bond acceptors (Lipinski definition) is 0. The van der Waals surface area contributed by atoms with Crippen LogP contribution in [0.25, 0.3) is 0 Å². The molecule has 2 fully saturated rings. The molecule has 2 rings (SSSR count). The van der Waals surface area contributed by atoms with Crippen molar-refractivity contribution in [2.24, 2.45) is 5.92 Å². The molecule has 0 aliphatic heterocycles. The molecule has 2 aliphatic rings. The minimum absolute atomic E-state index is 0.0193. The molecule has 0 unspecified atom stereocenters. The molecule has 0 radical (unpaired) electrons. The fourth-order valence-corrected chi connectivity index (χ4v) is 6.39. The van der Waals surface area contributed by atoms with Gasteiger partial charge < -0.3 is 0 Å². The lowest BCUT2D eigenvalue weighted by atomic mass is 10.0. The highest BCUT2D eigenvalue weighted by Gasteiger charge is 2.48. The molecule has 2 aliphatic carbocycles. The molecule has 2 saturated carbocycles. The van der Waals surface area contributed by atoms with E-state index in [1.165, 1.54) is 32.1 Å². The van der Waals surface area contributed by atoms with Gasteiger partial charge in [-0.25, -0.2) is 0 Å². The van der Waals surface area contributed by atoms with Gasteiger partial charge in [-0.2, -0.15) is 0 Å². The highest BCUT2D eigenvalue weighted by molar-refractivity contribution is 9.69. The molecule has 2 bridgehead atoms. The van der Waals surface area contributed by atoms with E-state index in [4.69, 9.17) is 0 Å². The summed E-state index contributed by atoms with van der Waals surface area (Å²) in [6.07, 6.45) is 7.43. The Kier molecular flexibility index (Phi) is 2.17. The summed E-state index contributed by atoms with van der Waals surface area (Å²) in [5.74, 6) is 1.08. The van der Waals surface area contributed by atoms with E-state index in [0.29, 0.717) is 5.16 Å². The van der Waals surface area contributed by atoms with Gasteiger partial charge in [-0.05, 0) is 69.0 Å². The third-order valence-corrected chi connectivity index (χ3v) is 8.92. The molecule has 0 spiro atoms. The van der Waals surface area contributed by atoms with Crippen molar-refractivity contribution in [3.05, 3.63) is 0 Å². The number of rotatable bonds is 1. The predicted molar refractivity (Wildman–Crippen MR) is 54.1 cm³/mol. The van der Waals surface area contributed by atoms with Crippen molar-refractivity contribution in [2.75, 3.05) is 0 Å². The molecule has 0 atom stereocenters. The van der Waals surface area contributed by atoms with Crippen molar-refractivity contribution >= 4 is 36.3 Å². The van der Waals surface area contributed by atoms with Crippen LogP contribution in [-0.2, 0) is 0 Å². The van der Waals surface area contributed by atoms with E-state index in [2.05, 4.69) is 31.0 Å². The van der Waals surface area contributed by atoms with E-state index in [1.807, 2.05) is 0 Å². The molecule has 58 valence electrons. The maximum Gasteiger partial charge on any atom is 0.0409 e. The van der Waals surface area contributed by atoms with E-state index in [-0.39, 0.29) is 5.33 Å². The fraction of sp³-hybridized carbons (Fsp3) is 1.00. The standard InChI is InChI=1S/C7H11Br2P/c8-10(9)7-3-1-6(5-7)2-4-7/h6H,1-5H2. The Morgan fingerprint density at radius 3 is 2.00 bits per heavy atom. The minimum atomic E-state index is -0.0193. The lowest BCUT2D eigenvalue weighted by molar-refractivity contribution is 0.499. The monoisotopic (exact) mass is 284 g/mol. The normalized spacial score (nSPS) is 45.3. The number of hydrogen-bond donors (Lipinski definition) is 0. The Hall–Kier alpha value is 1.39. The Balaban J connectivity index is 2.15. The summed E-state index contributed by atoms with van der Waals surface area (Å²) >= 11 is 7.45. The summed E-state index contributed by atoms with van der Waals surface area (Å²) in [7, 11) is 0. The van der Waals surface area contributed by atoms with Crippen LogP contribution < -0.4 is 0 Å². The van der Waals surface area contributed by atoms with E-state index >= 15 is 0 Å². The Morgan fingerprint density at radius 1 is 1.20 bits per heavy atom. The van der Waals surface area contributed by atoms with Gasteiger partial charge in [0, 0.05) is 10.5 Å². The van der Waals surface area contributed by atoms with Gasteiger partial charge in [0.25, 0.3) is 0 Å². The van der Waals surface area contributed by atoms with Crippen molar-refractivity contribution in [3.8, 4) is 0 Å². The molecule has 0 N–H and O–H groups in total. The molecule has 0 aromatic carbocycles. The molecule has 0 amide bonds. The summed E-state index contributed by atoms with van der Waals surface area (Å²) in [5.41, 5.74) is 0. The van der Waals surface area contributed by atoms with Crippen LogP contribution in [0.15, 0.2) is 0 Å². The molecule has 0 aromatic heterocycles. The first-order valence-corrected chi connectivity index (χ1v) is 9.23. The largest absolute Gasteiger partial charge is 0.0495 e. The minimum Gasteiger partial charge on any atom is -0.0495 e. The first kappa shape index (κ1) is 8.01. The van der Waals surface area contributed by atoms with Crippen molar-refractivity contribution in [1.82, 2.24) is 0 Å². The van der Waals surface area contributed by atoms with Gasteiger partial charge in [0.05, 0.1) is 0 Å². The van der Waals surface area contributed by atoms with E-state index in [1.54, 1.807) is 0 Å². The lowest BCUT2D eigenvalue weighted by Crippen LogP contribution is -2.15. The maximum absolute atomic E-state index is 3.73. The van der Waals surface area contributed by atoms with Crippen molar-refractivity contribution in [3.63, 3.8) is 0 Å². The van der Waals surface area contributed by atoms with Gasteiger partial charge in [-0.3, -0.25) is 0 Å². The highest BCUT2D eigenvalue weighted by atomic mass is 79.9. The fourth-order valence-electron chi connectivity index (χ4n) is 2.40. The van der Waals surface area contributed by atoms with Crippen molar-refractivity contribution in [2.45, 2.75) is 37.3 Å². The quantitative estimate of drug-likeness (QED) is 0.626. The van der Waals surface area contributed by atoms with Crippen LogP contribution in [0.5, 0.6) is 0 Å². The summed E-state index contributed by atoms with van der Waals surface area (Å²) in [6, 6.07) is 0. The summed E-state index contributed by atoms with van der Waals surface area (Å²) in [4.78, 5) is 0. The van der Waals surface area contributed by atoms with Crippen LogP contribution in [0.1, 0.15) is 32.1 Å². The second-order valence-corrected chi connectivity index (χ2v) is 12.1. The van der Waals surface area contributed by atoms with Crippen LogP contribution >= 0.6 is 36.3 Å². The zero-order valence-electron chi connectivity index (χ0n) is 5.82. The van der Waals surface area contributed by atoms with Gasteiger partial charge in [0.2, 0.25) is 0 Å². The molecule has 3 heteroatoms. The van der Waals surface area contributed by atoms with Gasteiger partial charge in [0.1, 0.15) is 0 Å². The molecule has 0 aromatic rings. The highest BCUT2D eigenvalue weighted by Crippen LogP contribution is 2.73. The SMILES string of the molecule is BrP(Br)C12CCC(CC1)C2. The van der Waals surface area contributed by atoms with Gasteiger partial charge >= 0.3 is 0 Å². The van der Waals surface area contributed by atoms with Crippen LogP contribution in [-0.4, -0.2) is 5.16 Å². The smallest absolute Gasteiger partial charge is 0.0409 e. The molecule has 10 heavy (non-hydrogen) atoms. The van der Waals surface area contributed by atoms with Gasteiger partial charge in [0.15, 0.2) is 0 Å². The van der Waals surface area contributed by atoms with Crippen LogP contribution in [0, 0.1) is 5.92 Å². The molecule has 0 nitrogen and oxygen atoms in total. The average molecular weight is 286 g/mol. The Morgan fingerprint density at radius 2 is 1.80 bits per heavy atom. The molecular formula is C7H11Br2P. The second-order valence-electron chi connectivity index (χ2n) is 3.60. The second kappa shape index (κ2) is 2.71. The van der Waals surface area contributed by atoms with Gasteiger partial charge in [-0.1, -0.05) is 0 Å². The zero-order chi connectivity index (χ0) is 7.19. The summed E-state index contributed by atoms with van der Waals surface area (Å²) in [6.45, 7) is 0. The van der Waals surface area contributed by atoms with Crippen molar-refractivity contribution < 1.29 is 0 Å². The van der Waals surface area contributed by atoms with Crippen LogP contribution in [0.4, 0.5) is 0 Å². The first-order chi connectivity index (χ1) is 4.73. The molecule has 0 heterocycles. The number of fused-ring (bicyclic) bond motifs is 2. The van der Waals surface area contributed by atoms with Crippen LogP contribution in [0.3, 0.4) is 0 Å². The first-order valence-electron chi connectivity index (χ1n) is 3.85.